The third kappa shape index (κ3) is 2.89. The summed E-state index contributed by atoms with van der Waals surface area (Å²) in [5.74, 6) is -0.0137. The SMILES string of the molecule is CCCCN(C)C(=O)c1ccc(N)c(N)c1. The molecule has 1 aromatic rings. The largest absolute Gasteiger partial charge is 0.397 e. The van der Waals surface area contributed by atoms with Crippen LogP contribution in [0, 0.1) is 0 Å². The molecule has 0 saturated carbocycles. The zero-order valence-electron chi connectivity index (χ0n) is 9.86. The first kappa shape index (κ1) is 12.4. The monoisotopic (exact) mass is 221 g/mol. The van der Waals surface area contributed by atoms with Gasteiger partial charge in [0.05, 0.1) is 11.4 Å². The van der Waals surface area contributed by atoms with E-state index in [9.17, 15) is 4.79 Å². The molecule has 88 valence electrons. The molecule has 0 heterocycles. The summed E-state index contributed by atoms with van der Waals surface area (Å²) in [7, 11) is 1.80. The Hall–Kier alpha value is -1.71. The molecule has 0 aromatic heterocycles. The quantitative estimate of drug-likeness (QED) is 0.760. The molecule has 1 aromatic carbocycles. The molecule has 1 rings (SSSR count). The predicted molar refractivity (Wildman–Crippen MR) is 67.1 cm³/mol. The lowest BCUT2D eigenvalue weighted by Gasteiger charge is -2.17. The highest BCUT2D eigenvalue weighted by Gasteiger charge is 2.11. The van der Waals surface area contributed by atoms with E-state index in [-0.39, 0.29) is 5.91 Å². The fourth-order valence-corrected chi connectivity index (χ4v) is 1.43. The van der Waals surface area contributed by atoms with E-state index >= 15 is 0 Å². The Labute approximate surface area is 96.2 Å². The van der Waals surface area contributed by atoms with Gasteiger partial charge in [-0.2, -0.15) is 0 Å². The van der Waals surface area contributed by atoms with Gasteiger partial charge in [0.1, 0.15) is 0 Å². The highest BCUT2D eigenvalue weighted by Crippen LogP contribution is 2.17. The lowest BCUT2D eigenvalue weighted by molar-refractivity contribution is 0.0793. The second-order valence-corrected chi connectivity index (χ2v) is 3.92. The number of rotatable bonds is 4. The normalized spacial score (nSPS) is 10.1. The Bertz CT molecular complexity index is 377. The fourth-order valence-electron chi connectivity index (χ4n) is 1.43. The third-order valence-corrected chi connectivity index (χ3v) is 2.53. The predicted octanol–water partition coefficient (Wildman–Crippen LogP) is 1.72. The van der Waals surface area contributed by atoms with Crippen LogP contribution in [0.4, 0.5) is 11.4 Å². The Morgan fingerprint density at radius 3 is 2.56 bits per heavy atom. The van der Waals surface area contributed by atoms with Crippen molar-refractivity contribution in [3.63, 3.8) is 0 Å². The molecule has 4 nitrogen and oxygen atoms in total. The number of nitrogens with zero attached hydrogens (tertiary/aromatic N) is 1. The van der Waals surface area contributed by atoms with Crippen molar-refractivity contribution in [2.75, 3.05) is 25.1 Å². The maximum atomic E-state index is 11.9. The molecule has 0 atom stereocenters. The summed E-state index contributed by atoms with van der Waals surface area (Å²) < 4.78 is 0. The lowest BCUT2D eigenvalue weighted by Crippen LogP contribution is -2.27. The number of unbranched alkanes of at least 4 members (excludes halogenated alkanes) is 1. The fraction of sp³-hybridized carbons (Fsp3) is 0.417. The van der Waals surface area contributed by atoms with Gasteiger partial charge < -0.3 is 16.4 Å². The van der Waals surface area contributed by atoms with Crippen LogP contribution in [-0.2, 0) is 0 Å². The maximum Gasteiger partial charge on any atom is 0.253 e. The molecule has 0 aliphatic carbocycles. The van der Waals surface area contributed by atoms with Crippen LogP contribution in [0.3, 0.4) is 0 Å². The third-order valence-electron chi connectivity index (χ3n) is 2.53. The zero-order valence-corrected chi connectivity index (χ0v) is 9.86. The van der Waals surface area contributed by atoms with E-state index in [4.69, 9.17) is 11.5 Å². The first-order valence-electron chi connectivity index (χ1n) is 5.46. The number of carbonyl (C=O) groups excluding carboxylic acids is 1. The van der Waals surface area contributed by atoms with Crippen LogP contribution >= 0.6 is 0 Å². The van der Waals surface area contributed by atoms with Crippen LogP contribution in [0.25, 0.3) is 0 Å². The number of hydrogen-bond acceptors (Lipinski definition) is 3. The van der Waals surface area contributed by atoms with Crippen molar-refractivity contribution in [2.24, 2.45) is 0 Å². The number of hydrogen-bond donors (Lipinski definition) is 2. The molecule has 0 radical (unpaired) electrons. The molecular formula is C12H19N3O. The number of anilines is 2. The van der Waals surface area contributed by atoms with Crippen LogP contribution in [0.1, 0.15) is 30.1 Å². The number of benzene rings is 1. The Morgan fingerprint density at radius 2 is 2.00 bits per heavy atom. The summed E-state index contributed by atoms with van der Waals surface area (Å²) in [4.78, 5) is 13.6. The van der Waals surface area contributed by atoms with Crippen molar-refractivity contribution in [3.05, 3.63) is 23.8 Å². The van der Waals surface area contributed by atoms with E-state index in [1.807, 2.05) is 0 Å². The molecule has 0 fully saturated rings. The van der Waals surface area contributed by atoms with Crippen molar-refractivity contribution < 1.29 is 4.79 Å². The van der Waals surface area contributed by atoms with Gasteiger partial charge in [0.2, 0.25) is 0 Å². The van der Waals surface area contributed by atoms with Gasteiger partial charge in [-0.15, -0.1) is 0 Å². The topological polar surface area (TPSA) is 72.3 Å². The molecule has 1 amide bonds. The minimum atomic E-state index is -0.0137. The molecule has 0 spiro atoms. The highest BCUT2D eigenvalue weighted by molar-refractivity contribution is 5.95. The van der Waals surface area contributed by atoms with Gasteiger partial charge in [-0.3, -0.25) is 4.79 Å². The zero-order chi connectivity index (χ0) is 12.1. The molecular weight excluding hydrogens is 202 g/mol. The smallest absolute Gasteiger partial charge is 0.253 e. The van der Waals surface area contributed by atoms with Crippen LogP contribution in [0.5, 0.6) is 0 Å². The van der Waals surface area contributed by atoms with Crippen molar-refractivity contribution in [3.8, 4) is 0 Å². The molecule has 0 unspecified atom stereocenters. The first-order chi connectivity index (χ1) is 7.56. The lowest BCUT2D eigenvalue weighted by atomic mass is 10.1. The highest BCUT2D eigenvalue weighted by atomic mass is 16.2. The minimum absolute atomic E-state index is 0.0137. The minimum Gasteiger partial charge on any atom is -0.397 e. The molecule has 16 heavy (non-hydrogen) atoms. The van der Waals surface area contributed by atoms with Crippen molar-refractivity contribution in [1.29, 1.82) is 0 Å². The molecule has 0 aliphatic rings. The van der Waals surface area contributed by atoms with E-state index in [1.54, 1.807) is 30.1 Å². The first-order valence-corrected chi connectivity index (χ1v) is 5.46. The van der Waals surface area contributed by atoms with Gasteiger partial charge in [-0.05, 0) is 24.6 Å². The number of nitrogens with two attached hydrogens (primary N) is 2. The second kappa shape index (κ2) is 5.39. The van der Waals surface area contributed by atoms with Crippen molar-refractivity contribution >= 4 is 17.3 Å². The molecule has 4 N–H and O–H groups in total. The van der Waals surface area contributed by atoms with Gasteiger partial charge in [0, 0.05) is 19.2 Å². The van der Waals surface area contributed by atoms with Gasteiger partial charge in [0.15, 0.2) is 0 Å². The van der Waals surface area contributed by atoms with Gasteiger partial charge in [-0.25, -0.2) is 0 Å². The summed E-state index contributed by atoms with van der Waals surface area (Å²) in [5, 5.41) is 0. The number of carbonyl (C=O) groups is 1. The molecule has 0 saturated heterocycles. The summed E-state index contributed by atoms with van der Waals surface area (Å²) in [6.07, 6.45) is 2.08. The van der Waals surface area contributed by atoms with E-state index < -0.39 is 0 Å². The summed E-state index contributed by atoms with van der Waals surface area (Å²) in [6.45, 7) is 2.86. The Morgan fingerprint density at radius 1 is 1.31 bits per heavy atom. The van der Waals surface area contributed by atoms with Crippen LogP contribution in [0.2, 0.25) is 0 Å². The van der Waals surface area contributed by atoms with Gasteiger partial charge >= 0.3 is 0 Å². The maximum absolute atomic E-state index is 11.9. The number of amides is 1. The average Bonchev–Trinajstić information content (AvgIpc) is 2.28. The standard InChI is InChI=1S/C12H19N3O/c1-3-4-7-15(2)12(16)9-5-6-10(13)11(14)8-9/h5-6,8H,3-4,7,13-14H2,1-2H3. The van der Waals surface area contributed by atoms with Gasteiger partial charge in [0.25, 0.3) is 5.91 Å². The summed E-state index contributed by atoms with van der Waals surface area (Å²) in [6, 6.07) is 4.99. The molecule has 0 bridgehead atoms. The Balaban J connectivity index is 2.76. The van der Waals surface area contributed by atoms with Crippen LogP contribution in [-0.4, -0.2) is 24.4 Å². The van der Waals surface area contributed by atoms with Crippen molar-refractivity contribution in [1.82, 2.24) is 4.90 Å². The van der Waals surface area contributed by atoms with Crippen LogP contribution in [0.15, 0.2) is 18.2 Å². The van der Waals surface area contributed by atoms with Crippen molar-refractivity contribution in [2.45, 2.75) is 19.8 Å². The van der Waals surface area contributed by atoms with E-state index in [1.165, 1.54) is 0 Å². The van der Waals surface area contributed by atoms with E-state index in [0.717, 1.165) is 19.4 Å². The van der Waals surface area contributed by atoms with E-state index in [2.05, 4.69) is 6.92 Å². The summed E-state index contributed by atoms with van der Waals surface area (Å²) in [5.41, 5.74) is 12.8. The summed E-state index contributed by atoms with van der Waals surface area (Å²) >= 11 is 0. The average molecular weight is 221 g/mol. The Kier molecular flexibility index (Phi) is 4.17. The molecule has 0 aliphatic heterocycles. The van der Waals surface area contributed by atoms with Crippen LogP contribution < -0.4 is 11.5 Å². The van der Waals surface area contributed by atoms with Gasteiger partial charge in [-0.1, -0.05) is 13.3 Å². The molecule has 4 heteroatoms. The second-order valence-electron chi connectivity index (χ2n) is 3.92. The number of nitrogen functional groups attached to an aromatic ring is 2. The van der Waals surface area contributed by atoms with E-state index in [0.29, 0.717) is 16.9 Å².